The molecule has 12 heteroatoms. The molecule has 0 aromatic heterocycles. The van der Waals surface area contributed by atoms with Crippen LogP contribution in [0.1, 0.15) is 27.2 Å². The van der Waals surface area contributed by atoms with Crippen LogP contribution in [-0.2, 0) is 24.4 Å². The van der Waals surface area contributed by atoms with Crippen LogP contribution in [0.3, 0.4) is 0 Å². The van der Waals surface area contributed by atoms with Crippen molar-refractivity contribution in [3.63, 3.8) is 0 Å². The Bertz CT molecular complexity index is 602. The lowest BCUT2D eigenvalue weighted by atomic mass is 10.2. The molecule has 0 saturated carbocycles. The molecular weight excluding hydrogens is 359 g/mol. The summed E-state index contributed by atoms with van der Waals surface area (Å²) in [6.45, 7) is 2.15. The van der Waals surface area contributed by atoms with Gasteiger partial charge in [0.15, 0.2) is 6.61 Å². The van der Waals surface area contributed by atoms with E-state index in [1.807, 2.05) is 0 Å². The summed E-state index contributed by atoms with van der Waals surface area (Å²) in [6, 6.07) is -1.54. The number of esters is 1. The molecule has 0 aromatic carbocycles. The lowest BCUT2D eigenvalue weighted by Gasteiger charge is -2.27. The summed E-state index contributed by atoms with van der Waals surface area (Å²) in [5, 5.41) is -4.72. The molecule has 24 heavy (non-hydrogen) atoms. The fraction of sp³-hybridized carbons (Fsp3) is 0.833. The smallest absolute Gasteiger partial charge is 0.411 e. The highest BCUT2D eigenvalue weighted by molar-refractivity contribution is 7.86. The number of hydrogen-bond acceptors (Lipinski definition) is 6. The molecule has 1 amide bonds. The van der Waals surface area contributed by atoms with Crippen molar-refractivity contribution in [3.05, 3.63) is 0 Å². The quantitative estimate of drug-likeness (QED) is 0.582. The van der Waals surface area contributed by atoms with E-state index in [1.54, 1.807) is 0 Å². The highest BCUT2D eigenvalue weighted by atomic mass is 32.2. The van der Waals surface area contributed by atoms with Gasteiger partial charge in [0.1, 0.15) is 17.8 Å². The maximum atomic E-state index is 13.5. The molecule has 1 N–H and O–H groups in total. The number of carbonyl (C=O) groups excluding carboxylic acids is 2. The number of ether oxygens (including phenoxy) is 2. The minimum Gasteiger partial charge on any atom is -0.456 e. The molecule has 8 nitrogen and oxygen atoms in total. The standard InChI is InChI=1S/C12H18F3NO7S/c1-11(2,3)23-10(18)16-5-7(13)4-8(16)9(17)22-6-12(14,15)24(19,20)21/h7-8H,4-6H2,1-3H3,(H,19,20,21). The first-order chi connectivity index (χ1) is 10.6. The lowest BCUT2D eigenvalue weighted by Crippen LogP contribution is -2.45. The topological polar surface area (TPSA) is 110 Å². The summed E-state index contributed by atoms with van der Waals surface area (Å²) in [6.07, 6.45) is -3.14. The van der Waals surface area contributed by atoms with E-state index in [9.17, 15) is 31.2 Å². The van der Waals surface area contributed by atoms with Gasteiger partial charge in [-0.2, -0.15) is 17.2 Å². The minimum atomic E-state index is -5.78. The van der Waals surface area contributed by atoms with Crippen molar-refractivity contribution in [2.45, 2.75) is 50.3 Å². The summed E-state index contributed by atoms with van der Waals surface area (Å²) in [5.74, 6) is -1.43. The maximum absolute atomic E-state index is 13.5. The van der Waals surface area contributed by atoms with Crippen LogP contribution in [0.5, 0.6) is 0 Å². The number of hydrogen-bond donors (Lipinski definition) is 1. The summed E-state index contributed by atoms with van der Waals surface area (Å²) in [4.78, 5) is 24.4. The molecule has 1 aliphatic heterocycles. The van der Waals surface area contributed by atoms with Crippen molar-refractivity contribution < 1.29 is 45.2 Å². The summed E-state index contributed by atoms with van der Waals surface area (Å²) in [7, 11) is -5.78. The van der Waals surface area contributed by atoms with Gasteiger partial charge in [-0.3, -0.25) is 9.45 Å². The van der Waals surface area contributed by atoms with Crippen molar-refractivity contribution in [3.8, 4) is 0 Å². The van der Waals surface area contributed by atoms with E-state index in [4.69, 9.17) is 9.29 Å². The third-order valence-corrected chi connectivity index (χ3v) is 3.78. The van der Waals surface area contributed by atoms with Crippen LogP contribution in [0.2, 0.25) is 0 Å². The molecule has 1 saturated heterocycles. The number of rotatable bonds is 4. The van der Waals surface area contributed by atoms with E-state index in [1.165, 1.54) is 20.8 Å². The fourth-order valence-electron chi connectivity index (χ4n) is 1.86. The van der Waals surface area contributed by atoms with Crippen LogP contribution in [0.15, 0.2) is 0 Å². The number of likely N-dealkylation sites (tertiary alicyclic amines) is 1. The Morgan fingerprint density at radius 3 is 2.29 bits per heavy atom. The Morgan fingerprint density at radius 2 is 1.83 bits per heavy atom. The molecule has 140 valence electrons. The Labute approximate surface area is 136 Å². The first-order valence-corrected chi connectivity index (χ1v) is 8.23. The Morgan fingerprint density at radius 1 is 1.29 bits per heavy atom. The predicted octanol–water partition coefficient (Wildman–Crippen LogP) is 1.36. The van der Waals surface area contributed by atoms with Crippen LogP contribution in [0, 0.1) is 0 Å². The Balaban J connectivity index is 2.79. The van der Waals surface area contributed by atoms with Crippen molar-refractivity contribution in [1.29, 1.82) is 0 Å². The minimum absolute atomic E-state index is 0.497. The molecule has 1 fully saturated rings. The van der Waals surface area contributed by atoms with E-state index in [-0.39, 0.29) is 0 Å². The molecule has 0 spiro atoms. The van der Waals surface area contributed by atoms with E-state index < -0.39 is 64.8 Å². The summed E-state index contributed by atoms with van der Waals surface area (Å²) < 4.78 is 77.9. The highest BCUT2D eigenvalue weighted by Crippen LogP contribution is 2.26. The van der Waals surface area contributed by atoms with Crippen LogP contribution in [0.25, 0.3) is 0 Å². The average molecular weight is 377 g/mol. The third kappa shape index (κ3) is 5.23. The molecule has 0 radical (unpaired) electrons. The second kappa shape index (κ2) is 6.75. The zero-order valence-corrected chi connectivity index (χ0v) is 14.0. The van der Waals surface area contributed by atoms with Gasteiger partial charge in [0, 0.05) is 6.42 Å². The fourth-order valence-corrected chi connectivity index (χ4v) is 2.06. The molecular formula is C12H18F3NO7S. The zero-order chi connectivity index (χ0) is 18.9. The van der Waals surface area contributed by atoms with E-state index in [0.29, 0.717) is 4.90 Å². The lowest BCUT2D eigenvalue weighted by molar-refractivity contribution is -0.154. The van der Waals surface area contributed by atoms with Crippen molar-refractivity contribution in [2.75, 3.05) is 13.2 Å². The van der Waals surface area contributed by atoms with Gasteiger partial charge >= 0.3 is 27.4 Å². The molecule has 1 rings (SSSR count). The van der Waals surface area contributed by atoms with E-state index >= 15 is 0 Å². The van der Waals surface area contributed by atoms with Gasteiger partial charge < -0.3 is 9.47 Å². The van der Waals surface area contributed by atoms with Crippen LogP contribution in [0.4, 0.5) is 18.0 Å². The Hall–Kier alpha value is -1.56. The van der Waals surface area contributed by atoms with Crippen LogP contribution >= 0.6 is 0 Å². The average Bonchev–Trinajstić information content (AvgIpc) is 2.75. The SMILES string of the molecule is CC(C)(C)OC(=O)N1CC(F)CC1C(=O)OCC(F)(F)S(=O)(=O)O. The normalized spacial score (nSPS) is 22.4. The molecule has 0 aromatic rings. The molecule has 1 aliphatic rings. The monoisotopic (exact) mass is 377 g/mol. The van der Waals surface area contributed by atoms with Crippen molar-refractivity contribution in [2.24, 2.45) is 0 Å². The first-order valence-electron chi connectivity index (χ1n) is 6.79. The van der Waals surface area contributed by atoms with Crippen LogP contribution in [-0.4, -0.2) is 66.2 Å². The largest absolute Gasteiger partial charge is 0.456 e. The number of alkyl halides is 3. The first kappa shape index (κ1) is 20.5. The van der Waals surface area contributed by atoms with Crippen molar-refractivity contribution in [1.82, 2.24) is 4.90 Å². The summed E-state index contributed by atoms with van der Waals surface area (Å²) >= 11 is 0. The van der Waals surface area contributed by atoms with Crippen molar-refractivity contribution >= 4 is 22.2 Å². The third-order valence-electron chi connectivity index (χ3n) is 2.91. The molecule has 0 aliphatic carbocycles. The van der Waals surface area contributed by atoms with Gasteiger partial charge in [-0.25, -0.2) is 14.0 Å². The van der Waals surface area contributed by atoms with Gasteiger partial charge in [0.2, 0.25) is 0 Å². The van der Waals surface area contributed by atoms with E-state index in [2.05, 4.69) is 4.74 Å². The molecule has 2 atom stereocenters. The maximum Gasteiger partial charge on any atom is 0.411 e. The molecule has 2 unspecified atom stereocenters. The molecule has 1 heterocycles. The number of carbonyl (C=O) groups is 2. The van der Waals surface area contributed by atoms with Gasteiger partial charge in [-0.15, -0.1) is 0 Å². The van der Waals surface area contributed by atoms with Gasteiger partial charge in [-0.1, -0.05) is 0 Å². The van der Waals surface area contributed by atoms with E-state index in [0.717, 1.165) is 0 Å². The molecule has 0 bridgehead atoms. The Kier molecular flexibility index (Phi) is 5.76. The number of halogens is 3. The second-order valence-electron chi connectivity index (χ2n) is 6.20. The predicted molar refractivity (Wildman–Crippen MR) is 73.7 cm³/mol. The van der Waals surface area contributed by atoms with Gasteiger partial charge in [0.05, 0.1) is 6.54 Å². The number of nitrogens with zero attached hydrogens (tertiary/aromatic N) is 1. The van der Waals surface area contributed by atoms with Gasteiger partial charge in [-0.05, 0) is 20.8 Å². The number of amides is 1. The zero-order valence-electron chi connectivity index (χ0n) is 13.2. The second-order valence-corrected chi connectivity index (χ2v) is 7.75. The van der Waals surface area contributed by atoms with Gasteiger partial charge in [0.25, 0.3) is 0 Å². The van der Waals surface area contributed by atoms with Crippen LogP contribution < -0.4 is 0 Å². The summed E-state index contributed by atoms with van der Waals surface area (Å²) in [5.41, 5.74) is -0.933. The highest BCUT2D eigenvalue weighted by Gasteiger charge is 2.48.